The summed E-state index contributed by atoms with van der Waals surface area (Å²) >= 11 is 0. The Morgan fingerprint density at radius 3 is 2.35 bits per heavy atom. The van der Waals surface area contributed by atoms with Crippen molar-refractivity contribution in [3.8, 4) is 0 Å². The lowest BCUT2D eigenvalue weighted by molar-refractivity contribution is 0.215. The second kappa shape index (κ2) is 8.47. The summed E-state index contributed by atoms with van der Waals surface area (Å²) in [4.78, 5) is 14.3. The topological polar surface area (TPSA) is 56.4 Å². The van der Waals surface area contributed by atoms with Crippen LogP contribution in [0, 0.1) is 0 Å². The molecule has 5 heteroatoms. The molecule has 2 rings (SSSR count). The molecule has 2 aliphatic rings. The van der Waals surface area contributed by atoms with Gasteiger partial charge in [-0.25, -0.2) is 4.79 Å². The first-order valence-corrected chi connectivity index (χ1v) is 8.22. The van der Waals surface area contributed by atoms with Crippen LogP contribution in [0.5, 0.6) is 0 Å². The minimum absolute atomic E-state index is 0.00918. The Morgan fingerprint density at radius 2 is 1.70 bits per heavy atom. The van der Waals surface area contributed by atoms with Crippen LogP contribution in [0.3, 0.4) is 0 Å². The van der Waals surface area contributed by atoms with Gasteiger partial charge >= 0.3 is 6.03 Å². The predicted octanol–water partition coefficient (Wildman–Crippen LogP) is 1.30. The molecule has 20 heavy (non-hydrogen) atoms. The fourth-order valence-electron chi connectivity index (χ4n) is 3.27. The number of urea groups is 1. The highest BCUT2D eigenvalue weighted by atomic mass is 16.2. The lowest BCUT2D eigenvalue weighted by Gasteiger charge is -2.29. The highest BCUT2D eigenvalue weighted by Crippen LogP contribution is 2.18. The number of carbonyl (C=O) groups excluding carboxylic acids is 1. The summed E-state index contributed by atoms with van der Waals surface area (Å²) in [7, 11) is 2.02. The molecular formula is C15H30N4O. The number of likely N-dealkylation sites (tertiary alicyclic amines) is 1. The molecule has 2 fully saturated rings. The fraction of sp³-hybridized carbons (Fsp3) is 0.933. The molecule has 0 aromatic carbocycles. The molecule has 1 aliphatic heterocycles. The lowest BCUT2D eigenvalue weighted by Crippen LogP contribution is -2.47. The molecule has 1 saturated carbocycles. The van der Waals surface area contributed by atoms with Crippen LogP contribution >= 0.6 is 0 Å². The van der Waals surface area contributed by atoms with Gasteiger partial charge in [-0.1, -0.05) is 6.42 Å². The van der Waals surface area contributed by atoms with Crippen molar-refractivity contribution in [2.24, 2.45) is 0 Å². The van der Waals surface area contributed by atoms with Crippen molar-refractivity contribution >= 4 is 6.03 Å². The van der Waals surface area contributed by atoms with Crippen molar-refractivity contribution in [2.45, 2.75) is 57.0 Å². The number of nitrogens with one attached hydrogen (secondary N) is 3. The van der Waals surface area contributed by atoms with Gasteiger partial charge < -0.3 is 20.9 Å². The van der Waals surface area contributed by atoms with Gasteiger partial charge in [0.05, 0.1) is 0 Å². The second-order valence-corrected chi connectivity index (χ2v) is 6.14. The zero-order chi connectivity index (χ0) is 14.2. The van der Waals surface area contributed by atoms with E-state index in [9.17, 15) is 4.79 Å². The van der Waals surface area contributed by atoms with Crippen molar-refractivity contribution in [1.82, 2.24) is 20.9 Å². The van der Waals surface area contributed by atoms with E-state index in [0.29, 0.717) is 12.1 Å². The van der Waals surface area contributed by atoms with Crippen molar-refractivity contribution in [3.63, 3.8) is 0 Å². The van der Waals surface area contributed by atoms with Gasteiger partial charge in [0.1, 0.15) is 0 Å². The van der Waals surface area contributed by atoms with Gasteiger partial charge in [-0.2, -0.15) is 0 Å². The summed E-state index contributed by atoms with van der Waals surface area (Å²) < 4.78 is 0. The molecule has 0 spiro atoms. The molecule has 5 nitrogen and oxygen atoms in total. The standard InChI is InChI=1S/C15H30N4O/c1-16-13-5-7-14(8-6-13)18-15(20)17-9-12-19-10-3-2-4-11-19/h13-14,16H,2-12H2,1H3,(H2,17,18,20). The van der Waals surface area contributed by atoms with Gasteiger partial charge in [0.15, 0.2) is 0 Å². The molecule has 2 amide bonds. The molecule has 1 saturated heterocycles. The van der Waals surface area contributed by atoms with Crippen LogP contribution in [0.1, 0.15) is 44.9 Å². The van der Waals surface area contributed by atoms with Crippen molar-refractivity contribution in [1.29, 1.82) is 0 Å². The minimum Gasteiger partial charge on any atom is -0.337 e. The lowest BCUT2D eigenvalue weighted by atomic mass is 9.91. The van der Waals surface area contributed by atoms with Crippen LogP contribution in [0.25, 0.3) is 0 Å². The predicted molar refractivity (Wildman–Crippen MR) is 81.9 cm³/mol. The Balaban J connectivity index is 1.54. The highest BCUT2D eigenvalue weighted by Gasteiger charge is 2.21. The minimum atomic E-state index is 0.00918. The monoisotopic (exact) mass is 282 g/mol. The molecule has 0 aromatic rings. The molecule has 116 valence electrons. The third-order valence-electron chi connectivity index (χ3n) is 4.63. The number of hydrogen-bond donors (Lipinski definition) is 3. The SMILES string of the molecule is CNC1CCC(NC(=O)NCCN2CCCCC2)CC1. The Labute approximate surface area is 122 Å². The summed E-state index contributed by atoms with van der Waals surface area (Å²) in [6.07, 6.45) is 8.47. The average molecular weight is 282 g/mol. The van der Waals surface area contributed by atoms with Crippen LogP contribution in [-0.4, -0.2) is 56.2 Å². The first-order chi connectivity index (χ1) is 9.78. The summed E-state index contributed by atoms with van der Waals surface area (Å²) in [6.45, 7) is 4.13. The molecule has 0 atom stereocenters. The fourth-order valence-corrected chi connectivity index (χ4v) is 3.27. The second-order valence-electron chi connectivity index (χ2n) is 6.14. The van der Waals surface area contributed by atoms with E-state index in [-0.39, 0.29) is 6.03 Å². The molecule has 0 radical (unpaired) electrons. The number of hydrogen-bond acceptors (Lipinski definition) is 3. The van der Waals surface area contributed by atoms with E-state index >= 15 is 0 Å². The van der Waals surface area contributed by atoms with Gasteiger partial charge in [-0.3, -0.25) is 0 Å². The molecule has 0 bridgehead atoms. The summed E-state index contributed by atoms with van der Waals surface area (Å²) in [5.74, 6) is 0. The third-order valence-corrected chi connectivity index (χ3v) is 4.63. The van der Waals surface area contributed by atoms with E-state index in [2.05, 4.69) is 20.9 Å². The van der Waals surface area contributed by atoms with E-state index in [0.717, 1.165) is 38.8 Å². The van der Waals surface area contributed by atoms with Crippen molar-refractivity contribution in [2.75, 3.05) is 33.2 Å². The Kier molecular flexibility index (Phi) is 6.60. The molecule has 1 aliphatic carbocycles. The Hall–Kier alpha value is -0.810. The molecular weight excluding hydrogens is 252 g/mol. The van der Waals surface area contributed by atoms with Crippen LogP contribution in [0.15, 0.2) is 0 Å². The molecule has 0 aromatic heterocycles. The van der Waals surface area contributed by atoms with Crippen LogP contribution < -0.4 is 16.0 Å². The maximum Gasteiger partial charge on any atom is 0.315 e. The van der Waals surface area contributed by atoms with Gasteiger partial charge in [-0.05, 0) is 58.7 Å². The van der Waals surface area contributed by atoms with Crippen molar-refractivity contribution in [3.05, 3.63) is 0 Å². The van der Waals surface area contributed by atoms with Crippen LogP contribution in [-0.2, 0) is 0 Å². The normalized spacial score (nSPS) is 28.1. The molecule has 3 N–H and O–H groups in total. The highest BCUT2D eigenvalue weighted by molar-refractivity contribution is 5.74. The first kappa shape index (κ1) is 15.6. The van der Waals surface area contributed by atoms with Crippen LogP contribution in [0.4, 0.5) is 4.79 Å². The summed E-state index contributed by atoms with van der Waals surface area (Å²) in [5, 5.41) is 9.41. The summed E-state index contributed by atoms with van der Waals surface area (Å²) in [6, 6.07) is 1.000. The van der Waals surface area contributed by atoms with E-state index in [1.807, 2.05) is 7.05 Å². The largest absolute Gasteiger partial charge is 0.337 e. The zero-order valence-electron chi connectivity index (χ0n) is 12.8. The van der Waals surface area contributed by atoms with E-state index in [1.54, 1.807) is 0 Å². The van der Waals surface area contributed by atoms with Gasteiger partial charge in [-0.15, -0.1) is 0 Å². The van der Waals surface area contributed by atoms with Gasteiger partial charge in [0.2, 0.25) is 0 Å². The van der Waals surface area contributed by atoms with Gasteiger partial charge in [0.25, 0.3) is 0 Å². The molecule has 1 heterocycles. The number of rotatable bonds is 5. The Bertz CT molecular complexity index is 284. The first-order valence-electron chi connectivity index (χ1n) is 8.22. The number of nitrogens with zero attached hydrogens (tertiary/aromatic N) is 1. The van der Waals surface area contributed by atoms with E-state index < -0.39 is 0 Å². The third kappa shape index (κ3) is 5.29. The molecule has 0 unspecified atom stereocenters. The average Bonchev–Trinajstić information content (AvgIpc) is 2.49. The number of piperidine rings is 1. The Morgan fingerprint density at radius 1 is 1.05 bits per heavy atom. The maximum absolute atomic E-state index is 11.8. The van der Waals surface area contributed by atoms with Crippen LogP contribution in [0.2, 0.25) is 0 Å². The summed E-state index contributed by atoms with van der Waals surface area (Å²) in [5.41, 5.74) is 0. The smallest absolute Gasteiger partial charge is 0.315 e. The van der Waals surface area contributed by atoms with E-state index in [1.165, 1.54) is 32.4 Å². The maximum atomic E-state index is 11.8. The zero-order valence-corrected chi connectivity index (χ0v) is 12.8. The number of amides is 2. The van der Waals surface area contributed by atoms with Crippen molar-refractivity contribution < 1.29 is 4.79 Å². The van der Waals surface area contributed by atoms with E-state index in [4.69, 9.17) is 0 Å². The quantitative estimate of drug-likeness (QED) is 0.712. The number of carbonyl (C=O) groups is 1. The van der Waals surface area contributed by atoms with Gasteiger partial charge in [0, 0.05) is 25.2 Å².